The molecule has 0 bridgehead atoms. The van der Waals surface area contributed by atoms with Crippen molar-refractivity contribution in [2.75, 3.05) is 0 Å². The number of hydrogen-bond acceptors (Lipinski definition) is 2. The first-order valence-electron chi connectivity index (χ1n) is 14.3. The van der Waals surface area contributed by atoms with Crippen LogP contribution in [0, 0.1) is 0 Å². The Hall–Kier alpha value is -4.11. The molecule has 0 atom stereocenters. The number of unbranched alkanes of at least 4 members (excludes halogenated alkanes) is 2. The number of ether oxygens (including phenoxy) is 1. The van der Waals surface area contributed by atoms with E-state index in [4.69, 9.17) is 9.72 Å². The van der Waals surface area contributed by atoms with Gasteiger partial charge in [-0.2, -0.15) is 0 Å². The molecule has 1 heterocycles. The quantitative estimate of drug-likeness (QED) is 0.186. The van der Waals surface area contributed by atoms with Crippen molar-refractivity contribution < 1.29 is 4.74 Å². The first-order valence-corrected chi connectivity index (χ1v) is 14.3. The summed E-state index contributed by atoms with van der Waals surface area (Å²) in [6.07, 6.45) is 11.3. The molecule has 1 aliphatic rings. The van der Waals surface area contributed by atoms with Crippen molar-refractivity contribution in [3.05, 3.63) is 121 Å². The zero-order valence-electron chi connectivity index (χ0n) is 22.9. The van der Waals surface area contributed by atoms with Gasteiger partial charge in [-0.25, -0.2) is 4.98 Å². The van der Waals surface area contributed by atoms with Crippen molar-refractivity contribution in [1.29, 1.82) is 0 Å². The Morgan fingerprint density at radius 1 is 0.692 bits per heavy atom. The number of hydrogen-bond donors (Lipinski definition) is 0. The Balaban J connectivity index is 1.35. The van der Waals surface area contributed by atoms with Gasteiger partial charge in [-0.05, 0) is 65.4 Å². The molecule has 0 saturated heterocycles. The fourth-order valence-corrected chi connectivity index (χ4v) is 6.18. The van der Waals surface area contributed by atoms with Crippen LogP contribution in [0.3, 0.4) is 0 Å². The maximum absolute atomic E-state index is 6.07. The van der Waals surface area contributed by atoms with Crippen LogP contribution in [0.4, 0.5) is 0 Å². The van der Waals surface area contributed by atoms with Crippen LogP contribution in [-0.2, 0) is 5.41 Å². The monoisotopic (exact) mass is 512 g/mol. The van der Waals surface area contributed by atoms with Gasteiger partial charge in [0.2, 0.25) is 0 Å². The number of fused-ring (bicyclic) bond motifs is 3. The van der Waals surface area contributed by atoms with Crippen LogP contribution < -0.4 is 4.74 Å². The molecule has 0 fully saturated rings. The fourth-order valence-electron chi connectivity index (χ4n) is 6.18. The van der Waals surface area contributed by atoms with Gasteiger partial charge >= 0.3 is 0 Å². The van der Waals surface area contributed by atoms with Gasteiger partial charge in [-0.3, -0.25) is 0 Å². The Labute approximate surface area is 232 Å². The van der Waals surface area contributed by atoms with E-state index in [0.717, 1.165) is 22.9 Å². The molecule has 3 heteroatoms. The van der Waals surface area contributed by atoms with Crippen LogP contribution in [0.25, 0.3) is 28.1 Å². The molecular formula is C36H36N2O. The van der Waals surface area contributed by atoms with E-state index in [1.54, 1.807) is 0 Å². The second kappa shape index (κ2) is 10.9. The van der Waals surface area contributed by atoms with Gasteiger partial charge in [0.15, 0.2) is 0 Å². The number of benzene rings is 4. The molecule has 0 amide bonds. The van der Waals surface area contributed by atoms with Gasteiger partial charge in [0.1, 0.15) is 11.5 Å². The van der Waals surface area contributed by atoms with Gasteiger partial charge in [0.25, 0.3) is 0 Å². The summed E-state index contributed by atoms with van der Waals surface area (Å²) in [6, 6.07) is 34.1. The van der Waals surface area contributed by atoms with Crippen LogP contribution in [0.15, 0.2) is 110 Å². The highest BCUT2D eigenvalue weighted by atomic mass is 16.5. The zero-order chi connectivity index (χ0) is 26.7. The molecule has 39 heavy (non-hydrogen) atoms. The summed E-state index contributed by atoms with van der Waals surface area (Å²) in [5, 5.41) is 0. The van der Waals surface area contributed by atoms with E-state index >= 15 is 0 Å². The van der Waals surface area contributed by atoms with E-state index in [0.29, 0.717) is 0 Å². The van der Waals surface area contributed by atoms with E-state index in [2.05, 4.69) is 79.2 Å². The van der Waals surface area contributed by atoms with Crippen molar-refractivity contribution in [3.8, 4) is 39.6 Å². The minimum absolute atomic E-state index is 0.0830. The maximum atomic E-state index is 6.07. The normalized spacial score (nSPS) is 13.2. The van der Waals surface area contributed by atoms with Crippen LogP contribution in [0.2, 0.25) is 0 Å². The molecule has 0 saturated carbocycles. The lowest BCUT2D eigenvalue weighted by molar-refractivity contribution is 0.414. The molecule has 5 aromatic rings. The van der Waals surface area contributed by atoms with E-state index in [1.165, 1.54) is 66.3 Å². The molecule has 0 spiro atoms. The molecule has 3 nitrogen and oxygen atoms in total. The molecule has 6 rings (SSSR count). The lowest BCUT2D eigenvalue weighted by Gasteiger charge is -2.32. The third kappa shape index (κ3) is 4.78. The van der Waals surface area contributed by atoms with Crippen molar-refractivity contribution in [2.24, 2.45) is 0 Å². The SMILES string of the molecule is CCCCC1(CCCC)c2ccccc2-c2ccc(-c3cn(-c4cccc(Oc5ccccc5)c4)cn3)cc21. The van der Waals surface area contributed by atoms with Crippen LogP contribution in [0.1, 0.15) is 63.5 Å². The van der Waals surface area contributed by atoms with Gasteiger partial charge in [0.05, 0.1) is 17.7 Å². The molecule has 0 N–H and O–H groups in total. The average molecular weight is 513 g/mol. The molecule has 0 radical (unpaired) electrons. The molecule has 1 aromatic heterocycles. The number of aromatic nitrogens is 2. The number of para-hydroxylation sites is 1. The lowest BCUT2D eigenvalue weighted by Crippen LogP contribution is -2.25. The van der Waals surface area contributed by atoms with Crippen molar-refractivity contribution >= 4 is 0 Å². The largest absolute Gasteiger partial charge is 0.457 e. The molecule has 0 unspecified atom stereocenters. The maximum Gasteiger partial charge on any atom is 0.129 e. The molecule has 4 aromatic carbocycles. The molecule has 196 valence electrons. The Morgan fingerprint density at radius 2 is 1.41 bits per heavy atom. The predicted octanol–water partition coefficient (Wildman–Crippen LogP) is 9.98. The summed E-state index contributed by atoms with van der Waals surface area (Å²) in [7, 11) is 0. The van der Waals surface area contributed by atoms with Gasteiger partial charge in [-0.15, -0.1) is 0 Å². The highest BCUT2D eigenvalue weighted by Crippen LogP contribution is 2.54. The lowest BCUT2D eigenvalue weighted by atomic mass is 9.70. The van der Waals surface area contributed by atoms with Crippen molar-refractivity contribution in [3.63, 3.8) is 0 Å². The molecule has 0 aliphatic heterocycles. The summed E-state index contributed by atoms with van der Waals surface area (Å²) in [4.78, 5) is 4.85. The van der Waals surface area contributed by atoms with Crippen molar-refractivity contribution in [2.45, 2.75) is 57.8 Å². The van der Waals surface area contributed by atoms with Crippen LogP contribution in [-0.4, -0.2) is 9.55 Å². The Bertz CT molecular complexity index is 1560. The minimum atomic E-state index is 0.0830. The van der Waals surface area contributed by atoms with Crippen molar-refractivity contribution in [1.82, 2.24) is 9.55 Å². The summed E-state index contributed by atoms with van der Waals surface area (Å²) in [5.74, 6) is 1.63. The first kappa shape index (κ1) is 25.2. The van der Waals surface area contributed by atoms with Crippen LogP contribution >= 0.6 is 0 Å². The van der Waals surface area contributed by atoms with Gasteiger partial charge in [-0.1, -0.05) is 100 Å². The first-order chi connectivity index (χ1) is 19.2. The van der Waals surface area contributed by atoms with Gasteiger partial charge < -0.3 is 9.30 Å². The Kier molecular flexibility index (Phi) is 7.06. The summed E-state index contributed by atoms with van der Waals surface area (Å²) in [6.45, 7) is 4.61. The highest BCUT2D eigenvalue weighted by Gasteiger charge is 2.42. The van der Waals surface area contributed by atoms with E-state index in [9.17, 15) is 0 Å². The Morgan fingerprint density at radius 3 is 2.21 bits per heavy atom. The highest BCUT2D eigenvalue weighted by molar-refractivity contribution is 5.83. The standard InChI is InChI=1S/C36H36N2O/c1-3-5-21-36(22-6-4-2)33-18-11-10-17-31(33)32-20-19-27(23-34(32)36)35-25-38(26-37-35)28-13-12-16-30(24-28)39-29-14-8-7-9-15-29/h7-20,23-26H,3-6,21-22H2,1-2H3. The average Bonchev–Trinajstić information content (AvgIpc) is 3.58. The number of nitrogens with zero attached hydrogens (tertiary/aromatic N) is 2. The number of imidazole rings is 1. The number of rotatable bonds is 10. The zero-order valence-corrected chi connectivity index (χ0v) is 22.9. The summed E-state index contributed by atoms with van der Waals surface area (Å²) < 4.78 is 8.15. The van der Waals surface area contributed by atoms with E-state index < -0.39 is 0 Å². The third-order valence-corrected chi connectivity index (χ3v) is 8.16. The fraction of sp³-hybridized carbons (Fsp3) is 0.250. The van der Waals surface area contributed by atoms with E-state index in [1.807, 2.05) is 48.8 Å². The smallest absolute Gasteiger partial charge is 0.129 e. The predicted molar refractivity (Wildman–Crippen MR) is 161 cm³/mol. The third-order valence-electron chi connectivity index (χ3n) is 8.16. The van der Waals surface area contributed by atoms with Crippen LogP contribution in [0.5, 0.6) is 11.5 Å². The summed E-state index contributed by atoms with van der Waals surface area (Å²) in [5.41, 5.74) is 9.07. The van der Waals surface area contributed by atoms with Gasteiger partial charge in [0, 0.05) is 23.2 Å². The molecule has 1 aliphatic carbocycles. The molecular weight excluding hydrogens is 476 g/mol. The van der Waals surface area contributed by atoms with E-state index in [-0.39, 0.29) is 5.41 Å². The minimum Gasteiger partial charge on any atom is -0.457 e. The topological polar surface area (TPSA) is 27.1 Å². The second-order valence-corrected chi connectivity index (χ2v) is 10.7. The summed E-state index contributed by atoms with van der Waals surface area (Å²) >= 11 is 0. The second-order valence-electron chi connectivity index (χ2n) is 10.7.